The number of carbonyl (C=O) groups excluding carboxylic acids is 3. The number of unbranched alkanes of at least 4 members (excludes halogenated alkanes) is 1. The molecule has 6 rings (SSSR count). The second kappa shape index (κ2) is 16.3. The van der Waals surface area contributed by atoms with Crippen LogP contribution in [0.4, 0.5) is 5.69 Å². The van der Waals surface area contributed by atoms with E-state index in [1.54, 1.807) is 35.2 Å². The maximum absolute atomic E-state index is 14.1. The molecule has 1 atom stereocenters. The van der Waals surface area contributed by atoms with Crippen molar-refractivity contribution >= 4 is 46.0 Å². The molecule has 3 aromatic carbocycles. The lowest BCUT2D eigenvalue weighted by molar-refractivity contribution is -0.133. The molecule has 2 fully saturated rings. The molecule has 1 N–H and O–H groups in total. The summed E-state index contributed by atoms with van der Waals surface area (Å²) in [6.07, 6.45) is 5.28. The molecule has 0 spiro atoms. The number of carbonyl (C=O) groups is 3. The number of nitrogens with zero attached hydrogens (tertiary/aromatic N) is 3. The number of likely N-dealkylation sites (tertiary alicyclic amines) is 1. The van der Waals surface area contributed by atoms with E-state index in [4.69, 9.17) is 20.8 Å². The van der Waals surface area contributed by atoms with Crippen LogP contribution in [0.25, 0.3) is 11.0 Å². The quantitative estimate of drug-likeness (QED) is 0.193. The Balaban J connectivity index is 1.17. The van der Waals surface area contributed by atoms with Crippen LogP contribution in [0, 0.1) is 0 Å². The predicted octanol–water partition coefficient (Wildman–Crippen LogP) is 5.94. The zero-order valence-corrected chi connectivity index (χ0v) is 29.1. The van der Waals surface area contributed by atoms with E-state index < -0.39 is 11.9 Å². The van der Waals surface area contributed by atoms with E-state index in [1.807, 2.05) is 41.3 Å². The summed E-state index contributed by atoms with van der Waals surface area (Å²) in [4.78, 5) is 60.0. The molecule has 2 saturated heterocycles. The molecule has 2 aliphatic rings. The van der Waals surface area contributed by atoms with Crippen molar-refractivity contribution in [1.29, 1.82) is 0 Å². The normalized spacial score (nSPS) is 15.5. The number of piperazine rings is 1. The van der Waals surface area contributed by atoms with Crippen LogP contribution < -0.4 is 20.4 Å². The summed E-state index contributed by atoms with van der Waals surface area (Å²) in [5.74, 6) is -0.492. The van der Waals surface area contributed by atoms with Gasteiger partial charge >= 0.3 is 0 Å². The van der Waals surface area contributed by atoms with Gasteiger partial charge in [-0.3, -0.25) is 19.2 Å². The van der Waals surface area contributed by atoms with Crippen molar-refractivity contribution in [3.63, 3.8) is 0 Å². The Hall–Kier alpha value is -4.83. The molecule has 3 amide bonds. The Bertz CT molecular complexity index is 1880. The van der Waals surface area contributed by atoms with Gasteiger partial charge in [-0.15, -0.1) is 0 Å². The summed E-state index contributed by atoms with van der Waals surface area (Å²) in [5.41, 5.74) is 2.23. The lowest BCUT2D eigenvalue weighted by Gasteiger charge is -2.38. The molecular weight excluding hydrogens is 656 g/mol. The third-order valence-corrected chi connectivity index (χ3v) is 9.61. The topological polar surface area (TPSA) is 112 Å². The van der Waals surface area contributed by atoms with Crippen molar-refractivity contribution in [2.45, 2.75) is 51.5 Å². The van der Waals surface area contributed by atoms with E-state index in [0.717, 1.165) is 62.5 Å². The molecular formula is C39H43ClN4O6. The van der Waals surface area contributed by atoms with Gasteiger partial charge in [-0.1, -0.05) is 49.2 Å². The van der Waals surface area contributed by atoms with E-state index in [2.05, 4.69) is 17.1 Å². The van der Waals surface area contributed by atoms with E-state index in [9.17, 15) is 19.2 Å². The number of benzene rings is 3. The molecule has 10 nitrogen and oxygen atoms in total. The first-order valence-electron chi connectivity index (χ1n) is 17.5. The Morgan fingerprint density at radius 1 is 0.880 bits per heavy atom. The number of hydrogen-bond donors (Lipinski definition) is 1. The standard InChI is InChI=1S/C39H43ClN4O6/c1-2-3-23-49-29-15-16-35-31(25-29)34(45)26-36(50-35)37(46)41-32(24-27-11-13-28(40)14-12-27)39(48)44-21-19-42(20-22-44)33-10-6-5-9-30(33)38(47)43-17-7-4-8-18-43/h5-6,9-16,25-26,32H,2-4,7-8,17-24H2,1H3,(H,41,46)/t32-/m1/s1. The summed E-state index contributed by atoms with van der Waals surface area (Å²) < 4.78 is 11.6. The Labute approximate surface area is 296 Å². The van der Waals surface area contributed by atoms with Crippen LogP contribution in [0.3, 0.4) is 0 Å². The van der Waals surface area contributed by atoms with Gasteiger partial charge in [-0.25, -0.2) is 0 Å². The van der Waals surface area contributed by atoms with Gasteiger partial charge in [-0.2, -0.15) is 0 Å². The fraction of sp³-hybridized carbons (Fsp3) is 0.385. The average Bonchev–Trinajstić information content (AvgIpc) is 3.15. The molecule has 0 bridgehead atoms. The molecule has 0 saturated carbocycles. The van der Waals surface area contributed by atoms with Gasteiger partial charge < -0.3 is 29.2 Å². The number of fused-ring (bicyclic) bond motifs is 1. The molecule has 262 valence electrons. The number of hydrogen-bond acceptors (Lipinski definition) is 7. The van der Waals surface area contributed by atoms with Gasteiger partial charge in [0.25, 0.3) is 11.8 Å². The highest BCUT2D eigenvalue weighted by Gasteiger charge is 2.31. The molecule has 0 aliphatic carbocycles. The summed E-state index contributed by atoms with van der Waals surface area (Å²) in [7, 11) is 0. The fourth-order valence-electron chi connectivity index (χ4n) is 6.54. The van der Waals surface area contributed by atoms with Crippen molar-refractivity contribution in [3.05, 3.63) is 105 Å². The highest BCUT2D eigenvalue weighted by atomic mass is 35.5. The second-order valence-electron chi connectivity index (χ2n) is 12.9. The summed E-state index contributed by atoms with van der Waals surface area (Å²) in [6.45, 7) is 6.03. The first-order valence-corrected chi connectivity index (χ1v) is 17.9. The molecule has 11 heteroatoms. The van der Waals surface area contributed by atoms with Crippen LogP contribution in [-0.2, 0) is 11.2 Å². The number of para-hydroxylation sites is 1. The molecule has 1 aromatic heterocycles. The Morgan fingerprint density at radius 2 is 1.62 bits per heavy atom. The summed E-state index contributed by atoms with van der Waals surface area (Å²) >= 11 is 6.12. The van der Waals surface area contributed by atoms with Crippen molar-refractivity contribution in [2.24, 2.45) is 0 Å². The minimum Gasteiger partial charge on any atom is -0.494 e. The first kappa shape index (κ1) is 35.0. The minimum atomic E-state index is -0.932. The second-order valence-corrected chi connectivity index (χ2v) is 13.3. The number of piperidine rings is 1. The lowest BCUT2D eigenvalue weighted by Crippen LogP contribution is -2.56. The number of ether oxygens (including phenoxy) is 1. The highest BCUT2D eigenvalue weighted by molar-refractivity contribution is 6.30. The number of halogens is 1. The maximum atomic E-state index is 14.1. The lowest BCUT2D eigenvalue weighted by atomic mass is 10.0. The van der Waals surface area contributed by atoms with Crippen molar-refractivity contribution in [2.75, 3.05) is 50.8 Å². The van der Waals surface area contributed by atoms with Gasteiger partial charge in [0.1, 0.15) is 17.4 Å². The van der Waals surface area contributed by atoms with E-state index >= 15 is 0 Å². The highest BCUT2D eigenvalue weighted by Crippen LogP contribution is 2.26. The zero-order chi connectivity index (χ0) is 35.0. The third-order valence-electron chi connectivity index (χ3n) is 9.36. The summed E-state index contributed by atoms with van der Waals surface area (Å²) in [5, 5.41) is 3.72. The molecule has 2 aliphatic heterocycles. The maximum Gasteiger partial charge on any atom is 0.287 e. The summed E-state index contributed by atoms with van der Waals surface area (Å²) in [6, 6.07) is 19.9. The zero-order valence-electron chi connectivity index (χ0n) is 28.4. The Kier molecular flexibility index (Phi) is 11.4. The molecule has 3 heterocycles. The van der Waals surface area contributed by atoms with E-state index in [-0.39, 0.29) is 35.0 Å². The SMILES string of the molecule is CCCCOc1ccc2oc(C(=O)N[C@H](Cc3ccc(Cl)cc3)C(=O)N3CCN(c4ccccc4C(=O)N4CCCCC4)CC3)cc(=O)c2c1. The number of nitrogens with one attached hydrogen (secondary N) is 1. The van der Waals surface area contributed by atoms with Crippen molar-refractivity contribution in [3.8, 4) is 5.75 Å². The van der Waals surface area contributed by atoms with Gasteiger partial charge in [0.2, 0.25) is 5.91 Å². The van der Waals surface area contributed by atoms with E-state index in [1.165, 1.54) is 0 Å². The molecule has 4 aromatic rings. The minimum absolute atomic E-state index is 0.0469. The number of anilines is 1. The van der Waals surface area contributed by atoms with Crippen LogP contribution in [0.1, 0.15) is 65.5 Å². The van der Waals surface area contributed by atoms with Crippen LogP contribution in [0.5, 0.6) is 5.75 Å². The third kappa shape index (κ3) is 8.30. The van der Waals surface area contributed by atoms with Gasteiger partial charge in [0.15, 0.2) is 11.2 Å². The number of rotatable bonds is 11. The van der Waals surface area contributed by atoms with Crippen LogP contribution >= 0.6 is 11.6 Å². The van der Waals surface area contributed by atoms with Crippen LogP contribution in [0.2, 0.25) is 5.02 Å². The average molecular weight is 699 g/mol. The monoisotopic (exact) mass is 698 g/mol. The Morgan fingerprint density at radius 3 is 2.36 bits per heavy atom. The predicted molar refractivity (Wildman–Crippen MR) is 194 cm³/mol. The van der Waals surface area contributed by atoms with Crippen LogP contribution in [-0.4, -0.2) is 79.4 Å². The largest absolute Gasteiger partial charge is 0.494 e. The van der Waals surface area contributed by atoms with Crippen molar-refractivity contribution in [1.82, 2.24) is 15.1 Å². The van der Waals surface area contributed by atoms with Gasteiger partial charge in [-0.05, 0) is 73.7 Å². The first-order chi connectivity index (χ1) is 24.3. The van der Waals surface area contributed by atoms with Crippen LogP contribution in [0.15, 0.2) is 82.0 Å². The fourth-order valence-corrected chi connectivity index (χ4v) is 6.67. The number of amides is 3. The smallest absolute Gasteiger partial charge is 0.287 e. The molecule has 50 heavy (non-hydrogen) atoms. The van der Waals surface area contributed by atoms with E-state index in [0.29, 0.717) is 54.5 Å². The van der Waals surface area contributed by atoms with Gasteiger partial charge in [0.05, 0.1) is 17.6 Å². The molecule has 0 unspecified atom stereocenters. The van der Waals surface area contributed by atoms with Gasteiger partial charge in [0, 0.05) is 62.5 Å². The van der Waals surface area contributed by atoms with Crippen molar-refractivity contribution < 1.29 is 23.5 Å². The molecule has 0 radical (unpaired) electrons.